The fourth-order valence-corrected chi connectivity index (χ4v) is 2.11. The van der Waals surface area contributed by atoms with Crippen LogP contribution in [0.4, 0.5) is 0 Å². The lowest BCUT2D eigenvalue weighted by atomic mass is 10.2. The Morgan fingerprint density at radius 1 is 1.12 bits per heavy atom. The van der Waals surface area contributed by atoms with E-state index in [0.29, 0.717) is 6.54 Å². The number of hydrogen-bond donors (Lipinski definition) is 3. The zero-order chi connectivity index (χ0) is 11.4. The van der Waals surface area contributed by atoms with Crippen LogP contribution < -0.4 is 5.32 Å². The van der Waals surface area contributed by atoms with Gasteiger partial charge in [0.1, 0.15) is 11.5 Å². The van der Waals surface area contributed by atoms with Crippen molar-refractivity contribution in [3.63, 3.8) is 0 Å². The number of phenols is 2. The van der Waals surface area contributed by atoms with E-state index >= 15 is 0 Å². The summed E-state index contributed by atoms with van der Waals surface area (Å²) < 4.78 is 0. The molecule has 0 amide bonds. The maximum absolute atomic E-state index is 9.55. The van der Waals surface area contributed by atoms with Gasteiger partial charge in [0, 0.05) is 24.7 Å². The third kappa shape index (κ3) is 2.74. The van der Waals surface area contributed by atoms with Crippen molar-refractivity contribution in [2.24, 2.45) is 0 Å². The molecule has 0 aliphatic carbocycles. The molecule has 0 spiro atoms. The van der Waals surface area contributed by atoms with E-state index in [2.05, 4.69) is 16.8 Å². The van der Waals surface area contributed by atoms with Crippen LogP contribution in [0.2, 0.25) is 0 Å². The minimum atomic E-state index is 0.0825. The van der Waals surface area contributed by atoms with Crippen LogP contribution in [-0.4, -0.2) is 10.2 Å². The van der Waals surface area contributed by atoms with Crippen molar-refractivity contribution in [1.82, 2.24) is 5.32 Å². The van der Waals surface area contributed by atoms with Gasteiger partial charge in [-0.2, -0.15) is 11.3 Å². The fraction of sp³-hybridized carbons (Fsp3) is 0.167. The lowest BCUT2D eigenvalue weighted by Crippen LogP contribution is -2.12. The first-order valence-corrected chi connectivity index (χ1v) is 5.92. The average Bonchev–Trinajstić information content (AvgIpc) is 2.74. The van der Waals surface area contributed by atoms with Crippen molar-refractivity contribution in [2.75, 3.05) is 0 Å². The van der Waals surface area contributed by atoms with Crippen LogP contribution in [0.1, 0.15) is 11.1 Å². The quantitative estimate of drug-likeness (QED) is 0.763. The van der Waals surface area contributed by atoms with Crippen molar-refractivity contribution in [3.8, 4) is 11.5 Å². The Hall–Kier alpha value is -1.52. The van der Waals surface area contributed by atoms with Crippen LogP contribution in [0.25, 0.3) is 0 Å². The number of rotatable bonds is 4. The first-order chi connectivity index (χ1) is 7.75. The number of hydrogen-bond acceptors (Lipinski definition) is 4. The zero-order valence-corrected chi connectivity index (χ0v) is 9.50. The molecule has 4 heteroatoms. The Morgan fingerprint density at radius 2 is 2.00 bits per heavy atom. The summed E-state index contributed by atoms with van der Waals surface area (Å²) in [6, 6.07) is 6.70. The Bertz CT molecular complexity index is 454. The molecule has 0 aliphatic heterocycles. The normalized spacial score (nSPS) is 10.5. The molecule has 0 aliphatic rings. The second-order valence-electron chi connectivity index (χ2n) is 3.55. The Balaban J connectivity index is 1.90. The van der Waals surface area contributed by atoms with Crippen LogP contribution in [-0.2, 0) is 13.1 Å². The molecule has 1 aromatic heterocycles. The second-order valence-corrected chi connectivity index (χ2v) is 4.33. The van der Waals surface area contributed by atoms with E-state index in [4.69, 9.17) is 5.11 Å². The largest absolute Gasteiger partial charge is 0.508 e. The maximum atomic E-state index is 9.55. The Kier molecular flexibility index (Phi) is 3.44. The fourth-order valence-electron chi connectivity index (χ4n) is 1.44. The van der Waals surface area contributed by atoms with Gasteiger partial charge in [-0.25, -0.2) is 0 Å². The number of benzene rings is 1. The first-order valence-electron chi connectivity index (χ1n) is 4.98. The first kappa shape index (κ1) is 11.0. The summed E-state index contributed by atoms with van der Waals surface area (Å²) in [5.41, 5.74) is 2.02. The molecule has 16 heavy (non-hydrogen) atoms. The second kappa shape index (κ2) is 5.01. The van der Waals surface area contributed by atoms with Gasteiger partial charge in [0.15, 0.2) is 0 Å². The van der Waals surface area contributed by atoms with Crippen molar-refractivity contribution in [1.29, 1.82) is 0 Å². The van der Waals surface area contributed by atoms with E-state index in [1.165, 1.54) is 11.6 Å². The molecule has 0 unspecified atom stereocenters. The van der Waals surface area contributed by atoms with Gasteiger partial charge in [-0.1, -0.05) is 6.07 Å². The Morgan fingerprint density at radius 3 is 2.69 bits per heavy atom. The van der Waals surface area contributed by atoms with Crippen molar-refractivity contribution in [2.45, 2.75) is 13.1 Å². The minimum absolute atomic E-state index is 0.0825. The van der Waals surface area contributed by atoms with Crippen molar-refractivity contribution in [3.05, 3.63) is 46.2 Å². The molecule has 0 atom stereocenters. The van der Waals surface area contributed by atoms with Gasteiger partial charge in [-0.05, 0) is 28.5 Å². The van der Waals surface area contributed by atoms with Crippen molar-refractivity contribution >= 4 is 11.3 Å². The van der Waals surface area contributed by atoms with Crippen molar-refractivity contribution < 1.29 is 10.2 Å². The molecule has 1 heterocycles. The summed E-state index contributed by atoms with van der Waals surface area (Å²) in [6.45, 7) is 1.37. The Labute approximate surface area is 98.0 Å². The molecule has 84 valence electrons. The van der Waals surface area contributed by atoms with Gasteiger partial charge >= 0.3 is 0 Å². The zero-order valence-electron chi connectivity index (χ0n) is 8.68. The third-order valence-electron chi connectivity index (χ3n) is 2.29. The van der Waals surface area contributed by atoms with E-state index in [1.807, 2.05) is 5.38 Å². The minimum Gasteiger partial charge on any atom is -0.508 e. The summed E-state index contributed by atoms with van der Waals surface area (Å²) in [4.78, 5) is 0. The molecule has 0 saturated heterocycles. The van der Waals surface area contributed by atoms with Crippen LogP contribution in [0, 0.1) is 0 Å². The van der Waals surface area contributed by atoms with E-state index < -0.39 is 0 Å². The average molecular weight is 235 g/mol. The predicted molar refractivity (Wildman–Crippen MR) is 64.6 cm³/mol. The lowest BCUT2D eigenvalue weighted by molar-refractivity contribution is 0.443. The highest BCUT2D eigenvalue weighted by Crippen LogP contribution is 2.22. The molecule has 0 saturated carbocycles. The molecule has 1 aromatic carbocycles. The number of phenolic OH excluding ortho intramolecular Hbond substituents is 2. The van der Waals surface area contributed by atoms with Crippen LogP contribution in [0.5, 0.6) is 11.5 Å². The summed E-state index contributed by atoms with van der Waals surface area (Å²) in [5, 5.41) is 26.0. The van der Waals surface area contributed by atoms with Crippen LogP contribution >= 0.6 is 11.3 Å². The highest BCUT2D eigenvalue weighted by Gasteiger charge is 2.01. The van der Waals surface area contributed by atoms with Gasteiger partial charge in [0.05, 0.1) is 0 Å². The van der Waals surface area contributed by atoms with E-state index in [-0.39, 0.29) is 11.5 Å². The molecule has 0 radical (unpaired) electrons. The number of aromatic hydroxyl groups is 2. The molecule has 3 nitrogen and oxygen atoms in total. The smallest absolute Gasteiger partial charge is 0.123 e. The molecular formula is C12H13NO2S. The highest BCUT2D eigenvalue weighted by molar-refractivity contribution is 7.07. The van der Waals surface area contributed by atoms with Crippen LogP contribution in [0.15, 0.2) is 35.0 Å². The maximum Gasteiger partial charge on any atom is 0.123 e. The van der Waals surface area contributed by atoms with Gasteiger partial charge in [0.25, 0.3) is 0 Å². The summed E-state index contributed by atoms with van der Waals surface area (Å²) in [6.07, 6.45) is 0. The molecule has 2 aromatic rings. The van der Waals surface area contributed by atoms with Gasteiger partial charge in [-0.3, -0.25) is 0 Å². The summed E-state index contributed by atoms with van der Waals surface area (Å²) in [7, 11) is 0. The number of thiophene rings is 1. The summed E-state index contributed by atoms with van der Waals surface area (Å²) >= 11 is 1.67. The van der Waals surface area contributed by atoms with E-state index in [1.54, 1.807) is 23.5 Å². The molecule has 2 rings (SSSR count). The SMILES string of the molecule is Oc1ccc(CNCc2ccsc2)c(O)c1. The lowest BCUT2D eigenvalue weighted by Gasteiger charge is -2.06. The molecule has 3 N–H and O–H groups in total. The summed E-state index contributed by atoms with van der Waals surface area (Å²) in [5.74, 6) is 0.205. The monoisotopic (exact) mass is 235 g/mol. The standard InChI is InChI=1S/C12H13NO2S/c14-11-2-1-10(12(15)5-11)7-13-6-9-3-4-16-8-9/h1-5,8,13-15H,6-7H2. The molecular weight excluding hydrogens is 222 g/mol. The van der Waals surface area contributed by atoms with Gasteiger partial charge < -0.3 is 15.5 Å². The predicted octanol–water partition coefficient (Wildman–Crippen LogP) is 2.45. The van der Waals surface area contributed by atoms with Gasteiger partial charge in [0.2, 0.25) is 0 Å². The topological polar surface area (TPSA) is 52.5 Å². The molecule has 0 fully saturated rings. The number of nitrogens with one attached hydrogen (secondary N) is 1. The van der Waals surface area contributed by atoms with E-state index in [0.717, 1.165) is 12.1 Å². The van der Waals surface area contributed by atoms with E-state index in [9.17, 15) is 5.11 Å². The van der Waals surface area contributed by atoms with Crippen LogP contribution in [0.3, 0.4) is 0 Å². The third-order valence-corrected chi connectivity index (χ3v) is 3.03. The highest BCUT2D eigenvalue weighted by atomic mass is 32.1. The molecule has 0 bridgehead atoms. The van der Waals surface area contributed by atoms with Gasteiger partial charge in [-0.15, -0.1) is 0 Å².